The van der Waals surface area contributed by atoms with Crippen molar-refractivity contribution in [3.05, 3.63) is 95.4 Å². The van der Waals surface area contributed by atoms with Crippen LogP contribution in [0.2, 0.25) is 0 Å². The molecule has 1 aromatic heterocycles. The second kappa shape index (κ2) is 13.5. The van der Waals surface area contributed by atoms with Crippen molar-refractivity contribution in [1.82, 2.24) is 9.80 Å². The molecule has 0 aliphatic carbocycles. The number of benzene rings is 2. The number of nitrogens with zero attached hydrogens (tertiary/aromatic N) is 2. The molecule has 0 saturated heterocycles. The monoisotopic (exact) mass is 474 g/mol. The molecule has 1 heterocycles. The molecule has 0 bridgehead atoms. The molecule has 2 aromatic carbocycles. The molecule has 3 aromatic rings. The highest BCUT2D eigenvalue weighted by atomic mass is 16.3. The Bertz CT molecular complexity index is 1030. The van der Waals surface area contributed by atoms with E-state index in [2.05, 4.69) is 19.1 Å². The number of hydrogen-bond donors (Lipinski definition) is 0. The largest absolute Gasteiger partial charge is 0.467 e. The third kappa shape index (κ3) is 8.13. The zero-order valence-corrected chi connectivity index (χ0v) is 21.3. The van der Waals surface area contributed by atoms with E-state index in [1.165, 1.54) is 24.0 Å². The van der Waals surface area contributed by atoms with Crippen LogP contribution in [0.1, 0.15) is 67.3 Å². The molecule has 5 nitrogen and oxygen atoms in total. The highest BCUT2D eigenvalue weighted by molar-refractivity contribution is 5.96. The molecule has 0 unspecified atom stereocenters. The molecule has 0 spiro atoms. The van der Waals surface area contributed by atoms with Gasteiger partial charge in [0.2, 0.25) is 5.91 Å². The molecule has 35 heavy (non-hydrogen) atoms. The maximum atomic E-state index is 13.4. The van der Waals surface area contributed by atoms with E-state index in [-0.39, 0.29) is 24.4 Å². The molecule has 0 N–H and O–H groups in total. The van der Waals surface area contributed by atoms with Gasteiger partial charge in [0.1, 0.15) is 12.3 Å². The quantitative estimate of drug-likeness (QED) is 0.280. The van der Waals surface area contributed by atoms with Crippen LogP contribution in [0.15, 0.2) is 77.4 Å². The average Bonchev–Trinajstić information content (AvgIpc) is 3.39. The van der Waals surface area contributed by atoms with Crippen LogP contribution < -0.4 is 0 Å². The zero-order chi connectivity index (χ0) is 25.0. The summed E-state index contributed by atoms with van der Waals surface area (Å²) in [7, 11) is 0. The Morgan fingerprint density at radius 1 is 0.857 bits per heavy atom. The Kier molecular flexibility index (Phi) is 10.1. The van der Waals surface area contributed by atoms with E-state index in [0.717, 1.165) is 25.0 Å². The number of aryl methyl sites for hydroxylation is 1. The van der Waals surface area contributed by atoms with Gasteiger partial charge in [-0.2, -0.15) is 0 Å². The Balaban J connectivity index is 1.69. The summed E-state index contributed by atoms with van der Waals surface area (Å²) < 4.78 is 5.51. The SMILES string of the molecule is CCCCCc1ccc(C(=O)N(CC(=O)N(CCc2ccccc2)Cc2ccco2)C(C)C)cc1. The van der Waals surface area contributed by atoms with Crippen LogP contribution in [-0.2, 0) is 24.2 Å². The summed E-state index contributed by atoms with van der Waals surface area (Å²) in [6.45, 7) is 7.06. The fraction of sp³-hybridized carbons (Fsp3) is 0.400. The lowest BCUT2D eigenvalue weighted by molar-refractivity contribution is -0.133. The maximum absolute atomic E-state index is 13.4. The van der Waals surface area contributed by atoms with E-state index in [4.69, 9.17) is 4.42 Å². The Labute approximate surface area is 209 Å². The first-order chi connectivity index (χ1) is 17.0. The third-order valence-electron chi connectivity index (χ3n) is 6.25. The Morgan fingerprint density at radius 3 is 2.20 bits per heavy atom. The first-order valence-electron chi connectivity index (χ1n) is 12.7. The first-order valence-corrected chi connectivity index (χ1v) is 12.7. The van der Waals surface area contributed by atoms with Crippen molar-refractivity contribution in [2.75, 3.05) is 13.1 Å². The number of furan rings is 1. The lowest BCUT2D eigenvalue weighted by Gasteiger charge is -2.30. The predicted octanol–water partition coefficient (Wildman–Crippen LogP) is 6.13. The van der Waals surface area contributed by atoms with Crippen LogP contribution >= 0.6 is 0 Å². The second-order valence-electron chi connectivity index (χ2n) is 9.31. The van der Waals surface area contributed by atoms with E-state index in [9.17, 15) is 9.59 Å². The van der Waals surface area contributed by atoms with Crippen molar-refractivity contribution in [3.63, 3.8) is 0 Å². The molecular formula is C30H38N2O3. The van der Waals surface area contributed by atoms with Crippen LogP contribution in [0.4, 0.5) is 0 Å². The minimum Gasteiger partial charge on any atom is -0.467 e. The van der Waals surface area contributed by atoms with Gasteiger partial charge >= 0.3 is 0 Å². The van der Waals surface area contributed by atoms with Crippen LogP contribution in [0, 0.1) is 0 Å². The van der Waals surface area contributed by atoms with Crippen LogP contribution in [0.5, 0.6) is 0 Å². The van der Waals surface area contributed by atoms with Gasteiger partial charge in [-0.3, -0.25) is 9.59 Å². The maximum Gasteiger partial charge on any atom is 0.254 e. The molecular weight excluding hydrogens is 436 g/mol. The minimum absolute atomic E-state index is 0.0320. The minimum atomic E-state index is -0.116. The third-order valence-corrected chi connectivity index (χ3v) is 6.25. The summed E-state index contributed by atoms with van der Waals surface area (Å²) in [5.41, 5.74) is 3.03. The van der Waals surface area contributed by atoms with E-state index in [1.807, 2.05) is 68.4 Å². The molecule has 0 atom stereocenters. The van der Waals surface area contributed by atoms with Gasteiger partial charge in [-0.05, 0) is 68.5 Å². The molecule has 5 heteroatoms. The van der Waals surface area contributed by atoms with Gasteiger partial charge in [-0.1, -0.05) is 62.2 Å². The van der Waals surface area contributed by atoms with Gasteiger partial charge in [-0.25, -0.2) is 0 Å². The number of unbranched alkanes of at least 4 members (excludes halogenated alkanes) is 2. The summed E-state index contributed by atoms with van der Waals surface area (Å²) in [5.74, 6) is 0.525. The number of rotatable bonds is 13. The molecule has 0 aliphatic heterocycles. The smallest absolute Gasteiger partial charge is 0.254 e. The second-order valence-corrected chi connectivity index (χ2v) is 9.31. The molecule has 186 valence electrons. The summed E-state index contributed by atoms with van der Waals surface area (Å²) in [6, 6.07) is 21.6. The van der Waals surface area contributed by atoms with E-state index < -0.39 is 0 Å². The Hall–Kier alpha value is -3.34. The number of hydrogen-bond acceptors (Lipinski definition) is 3. The molecule has 3 rings (SSSR count). The van der Waals surface area contributed by atoms with Crippen molar-refractivity contribution in [1.29, 1.82) is 0 Å². The topological polar surface area (TPSA) is 53.8 Å². The molecule has 2 amide bonds. The number of carbonyl (C=O) groups excluding carboxylic acids is 2. The van der Waals surface area contributed by atoms with Crippen molar-refractivity contribution < 1.29 is 14.0 Å². The van der Waals surface area contributed by atoms with Gasteiger partial charge in [0, 0.05) is 18.2 Å². The summed E-state index contributed by atoms with van der Waals surface area (Å²) in [4.78, 5) is 30.2. The summed E-state index contributed by atoms with van der Waals surface area (Å²) in [6.07, 6.45) is 6.94. The average molecular weight is 475 g/mol. The van der Waals surface area contributed by atoms with E-state index in [1.54, 1.807) is 16.1 Å². The van der Waals surface area contributed by atoms with E-state index >= 15 is 0 Å². The van der Waals surface area contributed by atoms with Crippen LogP contribution in [0.25, 0.3) is 0 Å². The van der Waals surface area contributed by atoms with Gasteiger partial charge in [0.25, 0.3) is 5.91 Å². The van der Waals surface area contributed by atoms with Crippen molar-refractivity contribution >= 4 is 11.8 Å². The van der Waals surface area contributed by atoms with Gasteiger partial charge in [-0.15, -0.1) is 0 Å². The predicted molar refractivity (Wildman–Crippen MR) is 140 cm³/mol. The normalized spacial score (nSPS) is 11.0. The molecule has 0 saturated carbocycles. The lowest BCUT2D eigenvalue weighted by Crippen LogP contribution is -2.46. The van der Waals surface area contributed by atoms with Gasteiger partial charge in [0.05, 0.1) is 12.8 Å². The van der Waals surface area contributed by atoms with Gasteiger partial charge < -0.3 is 14.2 Å². The highest BCUT2D eigenvalue weighted by Gasteiger charge is 2.25. The highest BCUT2D eigenvalue weighted by Crippen LogP contribution is 2.15. The van der Waals surface area contributed by atoms with E-state index in [0.29, 0.717) is 18.7 Å². The fourth-order valence-corrected chi connectivity index (χ4v) is 4.08. The van der Waals surface area contributed by atoms with Crippen molar-refractivity contribution in [2.45, 2.75) is 65.5 Å². The zero-order valence-electron chi connectivity index (χ0n) is 21.3. The number of carbonyl (C=O) groups is 2. The summed E-state index contributed by atoms with van der Waals surface area (Å²) >= 11 is 0. The molecule has 0 aliphatic rings. The van der Waals surface area contributed by atoms with Crippen LogP contribution in [-0.4, -0.2) is 40.7 Å². The molecule has 0 fully saturated rings. The standard InChI is InChI=1S/C30H38N2O3/c1-4-5-7-11-26-15-17-27(18-16-26)30(34)32(24(2)3)23-29(33)31(22-28-14-10-21-35-28)20-19-25-12-8-6-9-13-25/h6,8-10,12-18,21,24H,4-5,7,11,19-20,22-23H2,1-3H3. The molecule has 0 radical (unpaired) electrons. The first kappa shape index (κ1) is 26.3. The van der Waals surface area contributed by atoms with Gasteiger partial charge in [0.15, 0.2) is 0 Å². The summed E-state index contributed by atoms with van der Waals surface area (Å²) in [5, 5.41) is 0. The van der Waals surface area contributed by atoms with Crippen molar-refractivity contribution in [3.8, 4) is 0 Å². The number of amides is 2. The Morgan fingerprint density at radius 2 is 1.57 bits per heavy atom. The lowest BCUT2D eigenvalue weighted by atomic mass is 10.0. The fourth-order valence-electron chi connectivity index (χ4n) is 4.08. The van der Waals surface area contributed by atoms with Crippen LogP contribution in [0.3, 0.4) is 0 Å². The van der Waals surface area contributed by atoms with Crippen molar-refractivity contribution in [2.24, 2.45) is 0 Å².